The maximum Gasteiger partial charge on any atom is 0.359 e. The lowest BCUT2D eigenvalue weighted by molar-refractivity contribution is 0.0171. The van der Waals surface area contributed by atoms with Crippen LogP contribution in [0.25, 0.3) is 0 Å². The summed E-state index contributed by atoms with van der Waals surface area (Å²) in [5.41, 5.74) is -0.120. The molecule has 1 aliphatic rings. The van der Waals surface area contributed by atoms with E-state index >= 15 is 0 Å². The van der Waals surface area contributed by atoms with Gasteiger partial charge in [0.25, 0.3) is 0 Å². The van der Waals surface area contributed by atoms with Crippen molar-refractivity contribution < 1.29 is 18.7 Å². The Bertz CT molecular complexity index is 235. The fourth-order valence-electron chi connectivity index (χ4n) is 1.13. The van der Waals surface area contributed by atoms with E-state index in [0.29, 0.717) is 13.2 Å². The van der Waals surface area contributed by atoms with Gasteiger partial charge in [-0.3, -0.25) is 4.57 Å². The van der Waals surface area contributed by atoms with Crippen molar-refractivity contribution in [1.82, 2.24) is 0 Å². The second-order valence-corrected chi connectivity index (χ2v) is 7.03. The zero-order valence-electron chi connectivity index (χ0n) is 9.19. The van der Waals surface area contributed by atoms with Gasteiger partial charge in [0.05, 0.1) is 13.2 Å². The van der Waals surface area contributed by atoms with Crippen molar-refractivity contribution in [2.24, 2.45) is 11.3 Å². The van der Waals surface area contributed by atoms with Crippen molar-refractivity contribution in [2.45, 2.75) is 33.5 Å². The molecule has 0 aromatic rings. The highest BCUT2D eigenvalue weighted by Gasteiger charge is 2.43. The molecule has 0 aliphatic carbocycles. The Kier molecular flexibility index (Phi) is 3.42. The Morgan fingerprint density at radius 1 is 1.29 bits per heavy atom. The predicted octanol–water partition coefficient (Wildman–Crippen LogP) is 2.23. The normalized spacial score (nSPS) is 27.6. The fraction of sp³-hybridized carbons (Fsp3) is 1.00. The van der Waals surface area contributed by atoms with Crippen LogP contribution >= 0.6 is 7.60 Å². The van der Waals surface area contributed by atoms with Gasteiger partial charge in [-0.15, -0.1) is 0 Å². The van der Waals surface area contributed by atoms with Crippen molar-refractivity contribution in [1.29, 1.82) is 0 Å². The number of rotatable bonds is 2. The van der Waals surface area contributed by atoms with Crippen LogP contribution in [0.5, 0.6) is 0 Å². The van der Waals surface area contributed by atoms with E-state index in [1.54, 1.807) is 13.8 Å². The van der Waals surface area contributed by atoms with Crippen LogP contribution in [0.4, 0.5) is 0 Å². The first kappa shape index (κ1) is 12.2. The molecular formula is C9H19O4P. The van der Waals surface area contributed by atoms with Gasteiger partial charge in [0, 0.05) is 5.41 Å². The molecule has 0 bridgehead atoms. The topological polar surface area (TPSA) is 55.8 Å². The minimum atomic E-state index is -3.28. The Balaban J connectivity index is 2.67. The summed E-state index contributed by atoms with van der Waals surface area (Å²) in [6.07, 6.45) is 0. The minimum Gasteiger partial charge on any atom is -0.380 e. The van der Waals surface area contributed by atoms with Crippen LogP contribution in [0, 0.1) is 11.3 Å². The third kappa shape index (κ3) is 2.57. The summed E-state index contributed by atoms with van der Waals surface area (Å²) in [6, 6.07) is 0. The second-order valence-electron chi connectivity index (χ2n) is 4.91. The van der Waals surface area contributed by atoms with E-state index in [0.717, 1.165) is 0 Å². The van der Waals surface area contributed by atoms with Gasteiger partial charge in [0.2, 0.25) is 0 Å². The highest BCUT2D eigenvalue weighted by Crippen LogP contribution is 2.58. The van der Waals surface area contributed by atoms with Crippen molar-refractivity contribution in [3.05, 3.63) is 0 Å². The highest BCUT2D eigenvalue weighted by molar-refractivity contribution is 7.54. The van der Waals surface area contributed by atoms with E-state index in [4.69, 9.17) is 9.05 Å². The average molecular weight is 222 g/mol. The first-order valence-corrected chi connectivity index (χ1v) is 6.45. The highest BCUT2D eigenvalue weighted by atomic mass is 31.2. The Labute approximate surface area is 85.1 Å². The van der Waals surface area contributed by atoms with Gasteiger partial charge in [0.1, 0.15) is 0 Å². The maximum absolute atomic E-state index is 12.0. The summed E-state index contributed by atoms with van der Waals surface area (Å²) >= 11 is 0. The van der Waals surface area contributed by atoms with Crippen LogP contribution in [-0.2, 0) is 13.6 Å². The van der Waals surface area contributed by atoms with Crippen LogP contribution in [0.15, 0.2) is 0 Å². The zero-order valence-corrected chi connectivity index (χ0v) is 10.1. The minimum absolute atomic E-state index is 0.120. The summed E-state index contributed by atoms with van der Waals surface area (Å²) in [5.74, 6) is -1.14. The number of aliphatic hydroxyl groups excluding tert-OH is 1. The van der Waals surface area contributed by atoms with E-state index < -0.39 is 13.4 Å². The largest absolute Gasteiger partial charge is 0.380 e. The molecule has 0 aromatic carbocycles. The molecule has 84 valence electrons. The van der Waals surface area contributed by atoms with Crippen LogP contribution in [-0.4, -0.2) is 24.2 Å². The maximum atomic E-state index is 12.0. The third-order valence-corrected chi connectivity index (χ3v) is 4.41. The monoisotopic (exact) mass is 222 g/mol. The summed E-state index contributed by atoms with van der Waals surface area (Å²) in [4.78, 5) is 0. The van der Waals surface area contributed by atoms with E-state index in [1.165, 1.54) is 0 Å². The molecule has 0 saturated carbocycles. The Hall–Kier alpha value is 0.110. The molecule has 4 nitrogen and oxygen atoms in total. The molecule has 1 atom stereocenters. The predicted molar refractivity (Wildman–Crippen MR) is 54.1 cm³/mol. The van der Waals surface area contributed by atoms with Gasteiger partial charge < -0.3 is 14.2 Å². The molecule has 1 rings (SSSR count). The van der Waals surface area contributed by atoms with Gasteiger partial charge >= 0.3 is 7.60 Å². The molecule has 5 heteroatoms. The molecule has 1 N–H and O–H groups in total. The molecule has 1 saturated heterocycles. The molecule has 0 amide bonds. The quantitative estimate of drug-likeness (QED) is 0.728. The first-order chi connectivity index (χ1) is 6.27. The standard InChI is InChI=1S/C9H19O4P/c1-7(2)8(10)14(11)12-5-9(3,4)6-13-14/h7-8,10H,5-6H2,1-4H3. The Morgan fingerprint density at radius 2 is 1.71 bits per heavy atom. The molecule has 0 radical (unpaired) electrons. The Morgan fingerprint density at radius 3 is 2.07 bits per heavy atom. The number of hydrogen-bond donors (Lipinski definition) is 1. The summed E-state index contributed by atoms with van der Waals surface area (Å²) in [5, 5.41) is 9.67. The van der Waals surface area contributed by atoms with Crippen molar-refractivity contribution >= 4 is 7.60 Å². The van der Waals surface area contributed by atoms with Crippen LogP contribution in [0.1, 0.15) is 27.7 Å². The smallest absolute Gasteiger partial charge is 0.359 e. The van der Waals surface area contributed by atoms with Gasteiger partial charge in [-0.2, -0.15) is 0 Å². The van der Waals surface area contributed by atoms with Crippen molar-refractivity contribution in [3.8, 4) is 0 Å². The van der Waals surface area contributed by atoms with Gasteiger partial charge in [-0.05, 0) is 5.92 Å². The lowest BCUT2D eigenvalue weighted by Crippen LogP contribution is -2.33. The van der Waals surface area contributed by atoms with Gasteiger partial charge in [-0.1, -0.05) is 27.7 Å². The average Bonchev–Trinajstić information content (AvgIpc) is 2.09. The number of aliphatic hydroxyl groups is 1. The van der Waals surface area contributed by atoms with Gasteiger partial charge in [-0.25, -0.2) is 0 Å². The second kappa shape index (κ2) is 3.93. The zero-order chi connectivity index (χ0) is 11.0. The van der Waals surface area contributed by atoms with Crippen LogP contribution < -0.4 is 0 Å². The molecule has 0 aromatic heterocycles. The SMILES string of the molecule is CC(C)C(O)P1(=O)OCC(C)(C)CO1. The molecule has 14 heavy (non-hydrogen) atoms. The van der Waals surface area contributed by atoms with E-state index in [9.17, 15) is 9.67 Å². The number of hydrogen-bond acceptors (Lipinski definition) is 4. The molecule has 1 unspecified atom stereocenters. The molecule has 1 fully saturated rings. The summed E-state index contributed by atoms with van der Waals surface area (Å²) in [7, 11) is -3.28. The molecular weight excluding hydrogens is 203 g/mol. The van der Waals surface area contributed by atoms with E-state index in [2.05, 4.69) is 0 Å². The van der Waals surface area contributed by atoms with Gasteiger partial charge in [0.15, 0.2) is 5.85 Å². The van der Waals surface area contributed by atoms with E-state index in [1.807, 2.05) is 13.8 Å². The lowest BCUT2D eigenvalue weighted by Gasteiger charge is -2.36. The molecule has 1 heterocycles. The molecule has 1 aliphatic heterocycles. The fourth-order valence-corrected chi connectivity index (χ4v) is 3.30. The van der Waals surface area contributed by atoms with Crippen LogP contribution in [0.3, 0.4) is 0 Å². The summed E-state index contributed by atoms with van der Waals surface area (Å²) < 4.78 is 22.3. The van der Waals surface area contributed by atoms with Crippen molar-refractivity contribution in [2.75, 3.05) is 13.2 Å². The third-order valence-electron chi connectivity index (χ3n) is 2.19. The van der Waals surface area contributed by atoms with Crippen LogP contribution in [0.2, 0.25) is 0 Å². The first-order valence-electron chi connectivity index (χ1n) is 4.84. The summed E-state index contributed by atoms with van der Waals surface area (Å²) in [6.45, 7) is 8.26. The van der Waals surface area contributed by atoms with E-state index in [-0.39, 0.29) is 11.3 Å². The molecule has 0 spiro atoms. The van der Waals surface area contributed by atoms with Crippen molar-refractivity contribution in [3.63, 3.8) is 0 Å². The lowest BCUT2D eigenvalue weighted by atomic mass is 9.97.